The number of amides is 1. The predicted octanol–water partition coefficient (Wildman–Crippen LogP) is 4.00. The van der Waals surface area contributed by atoms with E-state index >= 15 is 0 Å². The molecule has 0 aromatic heterocycles. The third kappa shape index (κ3) is 3.96. The molecule has 0 spiro atoms. The summed E-state index contributed by atoms with van der Waals surface area (Å²) in [6.07, 6.45) is 1.50. The number of carbonyl (C=O) groups is 1. The van der Waals surface area contributed by atoms with Crippen molar-refractivity contribution in [1.82, 2.24) is 0 Å². The number of rotatable bonds is 4. The van der Waals surface area contributed by atoms with Crippen LogP contribution in [0.15, 0.2) is 58.6 Å². The van der Waals surface area contributed by atoms with Gasteiger partial charge in [-0.3, -0.25) is 4.79 Å². The highest BCUT2D eigenvalue weighted by molar-refractivity contribution is 9.10. The number of para-hydroxylation sites is 1. The van der Waals surface area contributed by atoms with Gasteiger partial charge in [0.15, 0.2) is 0 Å². The number of halogens is 1. The molecule has 0 radical (unpaired) electrons. The summed E-state index contributed by atoms with van der Waals surface area (Å²) in [5.74, 6) is 0.124. The fourth-order valence-electron chi connectivity index (χ4n) is 1.84. The second-order valence-corrected chi connectivity index (χ2v) is 5.29. The Morgan fingerprint density at radius 2 is 2.00 bits per heavy atom. The van der Waals surface area contributed by atoms with Crippen LogP contribution in [-0.2, 0) is 4.79 Å². The Hall–Kier alpha value is -2.58. The summed E-state index contributed by atoms with van der Waals surface area (Å²) >= 11 is 3.36. The van der Waals surface area contributed by atoms with E-state index in [0.29, 0.717) is 17.0 Å². The first-order chi connectivity index (χ1) is 10.6. The third-order valence-electron chi connectivity index (χ3n) is 2.89. The Labute approximate surface area is 137 Å². The monoisotopic (exact) mass is 356 g/mol. The van der Waals surface area contributed by atoms with Gasteiger partial charge in [0.1, 0.15) is 17.4 Å². The molecule has 1 N–H and O–H groups in total. The Morgan fingerprint density at radius 1 is 1.27 bits per heavy atom. The smallest absolute Gasteiger partial charge is 0.266 e. The van der Waals surface area contributed by atoms with Crippen LogP contribution < -0.4 is 10.1 Å². The molecule has 0 saturated heterocycles. The van der Waals surface area contributed by atoms with Crippen LogP contribution in [0.4, 0.5) is 5.69 Å². The van der Waals surface area contributed by atoms with Crippen LogP contribution in [0.25, 0.3) is 6.08 Å². The molecule has 110 valence electrons. The molecule has 0 fully saturated rings. The topological polar surface area (TPSA) is 62.1 Å². The molecule has 0 saturated carbocycles. The fraction of sp³-hybridized carbons (Fsp3) is 0.0588. The van der Waals surface area contributed by atoms with Crippen molar-refractivity contribution in [2.75, 3.05) is 12.4 Å². The molecule has 5 heteroatoms. The van der Waals surface area contributed by atoms with Gasteiger partial charge in [0.05, 0.1) is 7.11 Å². The third-order valence-corrected chi connectivity index (χ3v) is 3.38. The second kappa shape index (κ2) is 7.43. The maximum Gasteiger partial charge on any atom is 0.266 e. The molecular weight excluding hydrogens is 344 g/mol. The number of nitrogens with zero attached hydrogens (tertiary/aromatic N) is 1. The van der Waals surface area contributed by atoms with E-state index in [1.165, 1.54) is 13.2 Å². The largest absolute Gasteiger partial charge is 0.496 e. The second-order valence-electron chi connectivity index (χ2n) is 4.38. The predicted molar refractivity (Wildman–Crippen MR) is 89.4 cm³/mol. The molecule has 22 heavy (non-hydrogen) atoms. The lowest BCUT2D eigenvalue weighted by atomic mass is 10.1. The molecule has 0 atom stereocenters. The average Bonchev–Trinajstić information content (AvgIpc) is 2.53. The van der Waals surface area contributed by atoms with E-state index in [0.717, 1.165) is 4.47 Å². The van der Waals surface area contributed by atoms with E-state index in [-0.39, 0.29) is 5.57 Å². The van der Waals surface area contributed by atoms with Gasteiger partial charge in [0, 0.05) is 15.7 Å². The zero-order valence-electron chi connectivity index (χ0n) is 11.8. The van der Waals surface area contributed by atoms with Crippen molar-refractivity contribution >= 4 is 33.6 Å². The van der Waals surface area contributed by atoms with Crippen LogP contribution in [0.5, 0.6) is 5.75 Å². The van der Waals surface area contributed by atoms with Crippen LogP contribution in [0.1, 0.15) is 5.56 Å². The standard InChI is InChI=1S/C17H13BrN2O2/c1-22-16-8-7-14(18)10-12(16)9-13(11-19)17(21)20-15-5-3-2-4-6-15/h2-10H,1H3,(H,20,21)/b13-9+. The summed E-state index contributed by atoms with van der Waals surface area (Å²) in [4.78, 5) is 12.2. The summed E-state index contributed by atoms with van der Waals surface area (Å²) in [6.45, 7) is 0. The molecule has 4 nitrogen and oxygen atoms in total. The molecule has 2 aromatic carbocycles. The van der Waals surface area contributed by atoms with Gasteiger partial charge in [0.2, 0.25) is 0 Å². The van der Waals surface area contributed by atoms with Crippen LogP contribution in [0, 0.1) is 11.3 Å². The lowest BCUT2D eigenvalue weighted by molar-refractivity contribution is -0.112. The molecule has 0 aliphatic carbocycles. The fourth-order valence-corrected chi connectivity index (χ4v) is 2.22. The average molecular weight is 357 g/mol. The Balaban J connectivity index is 2.30. The minimum atomic E-state index is -0.462. The molecular formula is C17H13BrN2O2. The van der Waals surface area contributed by atoms with E-state index in [4.69, 9.17) is 4.74 Å². The summed E-state index contributed by atoms with van der Waals surface area (Å²) in [7, 11) is 1.54. The van der Waals surface area contributed by atoms with Crippen LogP contribution in [0.3, 0.4) is 0 Å². The Kier molecular flexibility index (Phi) is 5.34. The highest BCUT2D eigenvalue weighted by Gasteiger charge is 2.11. The molecule has 0 unspecified atom stereocenters. The summed E-state index contributed by atoms with van der Waals surface area (Å²) in [5, 5.41) is 11.9. The van der Waals surface area contributed by atoms with Gasteiger partial charge in [-0.05, 0) is 36.4 Å². The molecule has 2 rings (SSSR count). The molecule has 0 aliphatic heterocycles. The zero-order valence-corrected chi connectivity index (χ0v) is 13.4. The van der Waals surface area contributed by atoms with E-state index < -0.39 is 5.91 Å². The van der Waals surface area contributed by atoms with Gasteiger partial charge < -0.3 is 10.1 Å². The molecule has 2 aromatic rings. The number of nitriles is 1. The van der Waals surface area contributed by atoms with Gasteiger partial charge in [-0.15, -0.1) is 0 Å². The summed E-state index contributed by atoms with van der Waals surface area (Å²) in [6, 6.07) is 16.3. The summed E-state index contributed by atoms with van der Waals surface area (Å²) < 4.78 is 6.07. The maximum absolute atomic E-state index is 12.2. The first kappa shape index (κ1) is 15.8. The number of methoxy groups -OCH3 is 1. The van der Waals surface area contributed by atoms with Crippen molar-refractivity contribution in [2.45, 2.75) is 0 Å². The van der Waals surface area contributed by atoms with Crippen LogP contribution in [0.2, 0.25) is 0 Å². The van der Waals surface area contributed by atoms with Crippen molar-refractivity contribution in [1.29, 1.82) is 5.26 Å². The SMILES string of the molecule is COc1ccc(Br)cc1/C=C(\C#N)C(=O)Nc1ccccc1. The number of hydrogen-bond donors (Lipinski definition) is 1. The number of ether oxygens (including phenoxy) is 1. The minimum Gasteiger partial charge on any atom is -0.496 e. The Morgan fingerprint density at radius 3 is 2.64 bits per heavy atom. The minimum absolute atomic E-state index is 0.000234. The molecule has 0 heterocycles. The number of hydrogen-bond acceptors (Lipinski definition) is 3. The van der Waals surface area contributed by atoms with Crippen molar-refractivity contribution in [3.63, 3.8) is 0 Å². The van der Waals surface area contributed by atoms with Gasteiger partial charge in [-0.25, -0.2) is 0 Å². The van der Waals surface area contributed by atoms with E-state index in [1.54, 1.807) is 24.3 Å². The highest BCUT2D eigenvalue weighted by Crippen LogP contribution is 2.25. The molecule has 0 aliphatic rings. The van der Waals surface area contributed by atoms with Gasteiger partial charge in [0.25, 0.3) is 5.91 Å². The first-order valence-corrected chi connectivity index (χ1v) is 7.25. The highest BCUT2D eigenvalue weighted by atomic mass is 79.9. The van der Waals surface area contributed by atoms with Gasteiger partial charge in [-0.1, -0.05) is 34.1 Å². The van der Waals surface area contributed by atoms with Crippen molar-refractivity contribution in [3.05, 3.63) is 64.1 Å². The van der Waals surface area contributed by atoms with E-state index in [1.807, 2.05) is 30.3 Å². The quantitative estimate of drug-likeness (QED) is 0.665. The van der Waals surface area contributed by atoms with Crippen molar-refractivity contribution in [3.8, 4) is 11.8 Å². The molecule has 0 bridgehead atoms. The normalized spacial score (nSPS) is 10.7. The number of anilines is 1. The first-order valence-electron chi connectivity index (χ1n) is 6.46. The van der Waals surface area contributed by atoms with E-state index in [9.17, 15) is 10.1 Å². The van der Waals surface area contributed by atoms with Crippen LogP contribution in [-0.4, -0.2) is 13.0 Å². The van der Waals surface area contributed by atoms with E-state index in [2.05, 4.69) is 21.2 Å². The lowest BCUT2D eigenvalue weighted by Crippen LogP contribution is -2.13. The molecule has 1 amide bonds. The van der Waals surface area contributed by atoms with Crippen molar-refractivity contribution in [2.24, 2.45) is 0 Å². The lowest BCUT2D eigenvalue weighted by Gasteiger charge is -2.07. The number of nitrogens with one attached hydrogen (secondary N) is 1. The van der Waals surface area contributed by atoms with Crippen molar-refractivity contribution < 1.29 is 9.53 Å². The maximum atomic E-state index is 12.2. The number of carbonyl (C=O) groups excluding carboxylic acids is 1. The van der Waals surface area contributed by atoms with Gasteiger partial charge >= 0.3 is 0 Å². The summed E-state index contributed by atoms with van der Waals surface area (Å²) in [5.41, 5.74) is 1.28. The van der Waals surface area contributed by atoms with Crippen LogP contribution >= 0.6 is 15.9 Å². The van der Waals surface area contributed by atoms with Gasteiger partial charge in [-0.2, -0.15) is 5.26 Å². The Bertz CT molecular complexity index is 749. The zero-order chi connectivity index (χ0) is 15.9. The number of benzene rings is 2.